The minimum absolute atomic E-state index is 0.00159. The van der Waals surface area contributed by atoms with E-state index in [2.05, 4.69) is 0 Å². The van der Waals surface area contributed by atoms with Crippen molar-refractivity contribution in [3.8, 4) is 17.6 Å². The lowest BCUT2D eigenvalue weighted by Crippen LogP contribution is -2.18. The molecule has 0 saturated heterocycles. The first-order chi connectivity index (χ1) is 11.2. The molecule has 0 aliphatic rings. The van der Waals surface area contributed by atoms with Gasteiger partial charge in [-0.2, -0.15) is 5.26 Å². The summed E-state index contributed by atoms with van der Waals surface area (Å²) in [5.41, 5.74) is 0.536. The number of para-hydroxylation sites is 1. The van der Waals surface area contributed by atoms with E-state index in [0.29, 0.717) is 11.3 Å². The highest BCUT2D eigenvalue weighted by molar-refractivity contribution is 5.71. The molecule has 0 aliphatic heterocycles. The summed E-state index contributed by atoms with van der Waals surface area (Å²) in [7, 11) is 0. The molecule has 0 N–H and O–H groups in total. The molecule has 5 nitrogen and oxygen atoms in total. The molecule has 0 aromatic heterocycles. The maximum absolute atomic E-state index is 13.3. The van der Waals surface area contributed by atoms with Crippen LogP contribution in [0.2, 0.25) is 0 Å². The maximum Gasteiger partial charge on any atom is 0.344 e. The highest BCUT2D eigenvalue weighted by atomic mass is 19.1. The van der Waals surface area contributed by atoms with Crippen LogP contribution in [0, 0.1) is 17.1 Å². The Hall–Kier alpha value is -3.07. The lowest BCUT2D eigenvalue weighted by Gasteiger charge is -2.09. The number of carbonyl (C=O) groups is 1. The molecule has 0 aliphatic carbocycles. The van der Waals surface area contributed by atoms with E-state index in [4.69, 9.17) is 19.5 Å². The van der Waals surface area contributed by atoms with Crippen molar-refractivity contribution in [1.82, 2.24) is 0 Å². The molecule has 0 spiro atoms. The van der Waals surface area contributed by atoms with Crippen molar-refractivity contribution in [2.24, 2.45) is 0 Å². The van der Waals surface area contributed by atoms with Crippen molar-refractivity contribution < 1.29 is 23.4 Å². The van der Waals surface area contributed by atoms with Gasteiger partial charge in [0.05, 0.1) is 11.6 Å². The van der Waals surface area contributed by atoms with Crippen molar-refractivity contribution in [3.63, 3.8) is 0 Å². The molecular formula is C17H14FNO4. The summed E-state index contributed by atoms with van der Waals surface area (Å²) >= 11 is 0. The fourth-order valence-corrected chi connectivity index (χ4v) is 1.68. The van der Waals surface area contributed by atoms with Crippen molar-refractivity contribution in [2.75, 3.05) is 19.8 Å². The smallest absolute Gasteiger partial charge is 0.344 e. The fourth-order valence-electron chi connectivity index (χ4n) is 1.68. The highest BCUT2D eigenvalue weighted by Crippen LogP contribution is 2.15. The minimum Gasteiger partial charge on any atom is -0.490 e. The fraction of sp³-hybridized carbons (Fsp3) is 0.176. The molecular weight excluding hydrogens is 301 g/mol. The number of nitriles is 1. The Morgan fingerprint density at radius 2 is 1.78 bits per heavy atom. The Balaban J connectivity index is 1.65. The van der Waals surface area contributed by atoms with Crippen LogP contribution < -0.4 is 9.47 Å². The summed E-state index contributed by atoms with van der Waals surface area (Å²) in [5, 5.41) is 8.67. The number of carbonyl (C=O) groups excluding carboxylic acids is 1. The van der Waals surface area contributed by atoms with E-state index in [-0.39, 0.29) is 25.6 Å². The van der Waals surface area contributed by atoms with Gasteiger partial charge in [-0.3, -0.25) is 0 Å². The van der Waals surface area contributed by atoms with Crippen LogP contribution in [0.5, 0.6) is 11.5 Å². The average molecular weight is 315 g/mol. The third-order valence-corrected chi connectivity index (χ3v) is 2.78. The highest BCUT2D eigenvalue weighted by Gasteiger charge is 2.07. The van der Waals surface area contributed by atoms with Gasteiger partial charge in [0.25, 0.3) is 0 Å². The van der Waals surface area contributed by atoms with Gasteiger partial charge in [0.1, 0.15) is 19.0 Å². The minimum atomic E-state index is -0.614. The number of nitrogens with zero attached hydrogens (tertiary/aromatic N) is 1. The van der Waals surface area contributed by atoms with Gasteiger partial charge in [0.2, 0.25) is 0 Å². The normalized spacial score (nSPS) is 9.74. The van der Waals surface area contributed by atoms with Gasteiger partial charge in [-0.1, -0.05) is 12.1 Å². The summed E-state index contributed by atoms with van der Waals surface area (Å²) in [5.74, 6) is -0.581. The Morgan fingerprint density at radius 1 is 1.04 bits per heavy atom. The Labute approximate surface area is 132 Å². The Bertz CT molecular complexity index is 694. The van der Waals surface area contributed by atoms with Crippen LogP contribution in [0.1, 0.15) is 5.56 Å². The van der Waals surface area contributed by atoms with Crippen molar-refractivity contribution in [2.45, 2.75) is 0 Å². The number of benzene rings is 2. The number of halogens is 1. The van der Waals surface area contributed by atoms with E-state index in [1.165, 1.54) is 18.2 Å². The zero-order valence-corrected chi connectivity index (χ0v) is 12.2. The lowest BCUT2D eigenvalue weighted by atomic mass is 10.2. The predicted molar refractivity (Wildman–Crippen MR) is 79.5 cm³/mol. The zero-order valence-electron chi connectivity index (χ0n) is 12.2. The quantitative estimate of drug-likeness (QED) is 0.580. The van der Waals surface area contributed by atoms with Gasteiger partial charge < -0.3 is 14.2 Å². The molecule has 0 heterocycles. The van der Waals surface area contributed by atoms with E-state index in [1.54, 1.807) is 30.3 Å². The lowest BCUT2D eigenvalue weighted by molar-refractivity contribution is -0.146. The predicted octanol–water partition coefficient (Wildman–Crippen LogP) is 2.70. The van der Waals surface area contributed by atoms with Crippen LogP contribution in [-0.4, -0.2) is 25.8 Å². The Kier molecular flexibility index (Phi) is 5.95. The van der Waals surface area contributed by atoms with Crippen molar-refractivity contribution >= 4 is 5.97 Å². The molecule has 0 fully saturated rings. The average Bonchev–Trinajstić information content (AvgIpc) is 2.58. The number of hydrogen-bond donors (Lipinski definition) is 0. The van der Waals surface area contributed by atoms with Crippen LogP contribution >= 0.6 is 0 Å². The first-order valence-corrected chi connectivity index (χ1v) is 6.85. The molecule has 2 rings (SSSR count). The third-order valence-electron chi connectivity index (χ3n) is 2.78. The van der Waals surface area contributed by atoms with Crippen LogP contribution in [0.3, 0.4) is 0 Å². The van der Waals surface area contributed by atoms with E-state index in [1.807, 2.05) is 6.07 Å². The second-order valence-corrected chi connectivity index (χ2v) is 4.42. The summed E-state index contributed by atoms with van der Waals surface area (Å²) in [6.45, 7) is -0.172. The van der Waals surface area contributed by atoms with Crippen LogP contribution in [-0.2, 0) is 9.53 Å². The monoisotopic (exact) mass is 315 g/mol. The first kappa shape index (κ1) is 16.3. The van der Waals surface area contributed by atoms with E-state index < -0.39 is 11.8 Å². The molecule has 6 heteroatoms. The number of esters is 1. The molecule has 0 amide bonds. The van der Waals surface area contributed by atoms with E-state index in [9.17, 15) is 9.18 Å². The van der Waals surface area contributed by atoms with Gasteiger partial charge >= 0.3 is 5.97 Å². The van der Waals surface area contributed by atoms with Gasteiger partial charge in [-0.05, 0) is 36.4 Å². The van der Waals surface area contributed by atoms with Gasteiger partial charge in [0, 0.05) is 0 Å². The number of rotatable bonds is 7. The maximum atomic E-state index is 13.3. The topological polar surface area (TPSA) is 68.5 Å². The zero-order chi connectivity index (χ0) is 16.5. The standard InChI is InChI=1S/C17H14FNO4/c18-15-3-1-2-4-16(15)23-12-17(20)22-10-9-21-14-7-5-13(11-19)6-8-14/h1-8H,9-10,12H2. The third kappa shape index (κ3) is 5.32. The molecule has 0 saturated carbocycles. The molecule has 0 atom stereocenters. The molecule has 2 aromatic carbocycles. The second-order valence-electron chi connectivity index (χ2n) is 4.42. The second kappa shape index (κ2) is 8.39. The summed E-state index contributed by atoms with van der Waals surface area (Å²) in [6.07, 6.45) is 0. The molecule has 23 heavy (non-hydrogen) atoms. The van der Waals surface area contributed by atoms with E-state index >= 15 is 0 Å². The van der Waals surface area contributed by atoms with Crippen LogP contribution in [0.15, 0.2) is 48.5 Å². The molecule has 0 radical (unpaired) electrons. The molecule has 0 bridgehead atoms. The summed E-state index contributed by atoms with van der Waals surface area (Å²) in [4.78, 5) is 11.5. The SMILES string of the molecule is N#Cc1ccc(OCCOC(=O)COc2ccccc2F)cc1. The van der Waals surface area contributed by atoms with Crippen LogP contribution in [0.4, 0.5) is 4.39 Å². The van der Waals surface area contributed by atoms with Crippen molar-refractivity contribution in [3.05, 3.63) is 59.9 Å². The molecule has 0 unspecified atom stereocenters. The largest absolute Gasteiger partial charge is 0.490 e. The van der Waals surface area contributed by atoms with Gasteiger partial charge in [-0.25, -0.2) is 9.18 Å². The molecule has 2 aromatic rings. The summed E-state index contributed by atoms with van der Waals surface area (Å²) in [6, 6.07) is 14.4. The number of hydrogen-bond acceptors (Lipinski definition) is 5. The first-order valence-electron chi connectivity index (χ1n) is 6.85. The Morgan fingerprint density at radius 3 is 2.48 bits per heavy atom. The summed E-state index contributed by atoms with van der Waals surface area (Å²) < 4.78 is 28.5. The van der Waals surface area contributed by atoms with Crippen molar-refractivity contribution in [1.29, 1.82) is 5.26 Å². The number of ether oxygens (including phenoxy) is 3. The van der Waals surface area contributed by atoms with E-state index in [0.717, 1.165) is 0 Å². The molecule has 118 valence electrons. The van der Waals surface area contributed by atoms with Gasteiger partial charge in [0.15, 0.2) is 18.2 Å². The van der Waals surface area contributed by atoms with Crippen LogP contribution in [0.25, 0.3) is 0 Å². The van der Waals surface area contributed by atoms with Gasteiger partial charge in [-0.15, -0.1) is 0 Å².